The highest BCUT2D eigenvalue weighted by atomic mass is 31.2. The molecule has 3 N–H and O–H groups in total. The summed E-state index contributed by atoms with van der Waals surface area (Å²) in [7, 11) is -4.53. The Morgan fingerprint density at radius 1 is 0.492 bits per heavy atom. The number of aliphatic hydroxyl groups is 2. The molecule has 0 aliphatic rings. The molecule has 3 unspecified atom stereocenters. The fourth-order valence-corrected chi connectivity index (χ4v) is 8.23. The van der Waals surface area contributed by atoms with Gasteiger partial charge in [-0.2, -0.15) is 0 Å². The molecule has 65 heavy (non-hydrogen) atoms. The number of allylic oxidation sites excluding steroid dienone is 10. The summed E-state index contributed by atoms with van der Waals surface area (Å²) < 4.78 is 33.6. The lowest BCUT2D eigenvalue weighted by Crippen LogP contribution is -2.29. The van der Waals surface area contributed by atoms with Crippen molar-refractivity contribution in [1.82, 2.24) is 0 Å². The van der Waals surface area contributed by atoms with Crippen LogP contribution >= 0.6 is 7.82 Å². The molecule has 0 fully saturated rings. The molecule has 0 aliphatic heterocycles. The number of ether oxygens (including phenoxy) is 2. The van der Waals surface area contributed by atoms with E-state index in [9.17, 15) is 19.4 Å². The van der Waals surface area contributed by atoms with Gasteiger partial charge in [0.05, 0.1) is 26.4 Å². The van der Waals surface area contributed by atoms with Crippen molar-refractivity contribution < 1.29 is 43.0 Å². The second-order valence-corrected chi connectivity index (χ2v) is 19.3. The molecule has 0 aromatic rings. The van der Waals surface area contributed by atoms with Gasteiger partial charge in [0, 0.05) is 13.0 Å². The summed E-state index contributed by atoms with van der Waals surface area (Å²) in [5, 5.41) is 18.4. The molecule has 0 heterocycles. The van der Waals surface area contributed by atoms with Crippen molar-refractivity contribution in [2.45, 2.75) is 251 Å². The molecule has 380 valence electrons. The fraction of sp³-hybridized carbons (Fsp3) is 0.800. The number of carbonyl (C=O) groups is 1. The summed E-state index contributed by atoms with van der Waals surface area (Å²) in [6, 6.07) is 0. The van der Waals surface area contributed by atoms with Crippen molar-refractivity contribution in [3.63, 3.8) is 0 Å². The van der Waals surface area contributed by atoms with E-state index < -0.39 is 33.2 Å². The molecule has 0 rings (SSSR count). The monoisotopic (exact) mass is 937 g/mol. The Bertz CT molecular complexity index is 1200. The number of hydrogen-bond donors (Lipinski definition) is 3. The number of rotatable bonds is 51. The number of esters is 1. The van der Waals surface area contributed by atoms with Crippen molar-refractivity contribution in [3.8, 4) is 0 Å². The molecule has 0 saturated heterocycles. The van der Waals surface area contributed by atoms with Crippen molar-refractivity contribution >= 4 is 13.8 Å². The van der Waals surface area contributed by atoms with Crippen LogP contribution in [0.4, 0.5) is 0 Å². The molecular formula is C55H101O9P. The zero-order chi connectivity index (χ0) is 47.4. The van der Waals surface area contributed by atoms with E-state index in [1.54, 1.807) is 0 Å². The first-order valence-corrected chi connectivity index (χ1v) is 28.3. The third-order valence-electron chi connectivity index (χ3n) is 11.5. The van der Waals surface area contributed by atoms with Crippen LogP contribution < -0.4 is 0 Å². The molecule has 0 amide bonds. The Labute approximate surface area is 400 Å². The Hall–Kier alpha value is -1.84. The Kier molecular flexibility index (Phi) is 50.1. The second kappa shape index (κ2) is 51.5. The molecule has 10 heteroatoms. The van der Waals surface area contributed by atoms with Gasteiger partial charge in [-0.15, -0.1) is 0 Å². The first kappa shape index (κ1) is 63.2. The maximum absolute atomic E-state index is 12.7. The van der Waals surface area contributed by atoms with E-state index >= 15 is 0 Å². The third-order valence-corrected chi connectivity index (χ3v) is 12.4. The lowest BCUT2D eigenvalue weighted by atomic mass is 10.0. The number of carbonyl (C=O) groups excluding carboxylic acids is 1. The van der Waals surface area contributed by atoms with Crippen LogP contribution in [0.3, 0.4) is 0 Å². The van der Waals surface area contributed by atoms with Gasteiger partial charge in [-0.25, -0.2) is 4.57 Å². The van der Waals surface area contributed by atoms with Gasteiger partial charge in [0.25, 0.3) is 0 Å². The van der Waals surface area contributed by atoms with Crippen LogP contribution in [-0.2, 0) is 27.9 Å². The number of phosphoric acid groups is 1. The van der Waals surface area contributed by atoms with Gasteiger partial charge in [0.1, 0.15) is 12.2 Å². The summed E-state index contributed by atoms with van der Waals surface area (Å²) in [5.41, 5.74) is 0. The molecule has 0 aromatic carbocycles. The quantitative estimate of drug-likeness (QED) is 0.0236. The van der Waals surface area contributed by atoms with Gasteiger partial charge in [-0.3, -0.25) is 13.8 Å². The van der Waals surface area contributed by atoms with Gasteiger partial charge in [-0.05, 0) is 57.8 Å². The third kappa shape index (κ3) is 51.4. The Morgan fingerprint density at radius 2 is 0.877 bits per heavy atom. The second-order valence-electron chi connectivity index (χ2n) is 17.9. The Balaban J connectivity index is 4.07. The van der Waals surface area contributed by atoms with Crippen molar-refractivity contribution in [2.75, 3.05) is 33.0 Å². The predicted octanol–water partition coefficient (Wildman–Crippen LogP) is 15.9. The molecular weight excluding hydrogens is 836 g/mol. The van der Waals surface area contributed by atoms with Crippen LogP contribution in [0.15, 0.2) is 60.8 Å². The summed E-state index contributed by atoms with van der Waals surface area (Å²) in [6.07, 6.45) is 61.9. The summed E-state index contributed by atoms with van der Waals surface area (Å²) in [4.78, 5) is 22.7. The highest BCUT2D eigenvalue weighted by Crippen LogP contribution is 2.43. The van der Waals surface area contributed by atoms with E-state index in [0.29, 0.717) is 6.61 Å². The Morgan fingerprint density at radius 3 is 1.32 bits per heavy atom. The topological polar surface area (TPSA) is 132 Å². The van der Waals surface area contributed by atoms with Gasteiger partial charge in [0.15, 0.2) is 0 Å². The van der Waals surface area contributed by atoms with E-state index in [0.717, 1.165) is 77.0 Å². The van der Waals surface area contributed by atoms with Gasteiger partial charge in [0.2, 0.25) is 0 Å². The fourth-order valence-electron chi connectivity index (χ4n) is 7.44. The highest BCUT2D eigenvalue weighted by Gasteiger charge is 2.26. The minimum atomic E-state index is -4.53. The first-order valence-electron chi connectivity index (χ1n) is 26.8. The lowest BCUT2D eigenvalue weighted by molar-refractivity contribution is -0.154. The van der Waals surface area contributed by atoms with Crippen molar-refractivity contribution in [1.29, 1.82) is 0 Å². The van der Waals surface area contributed by atoms with Gasteiger partial charge >= 0.3 is 13.8 Å². The molecule has 0 bridgehead atoms. The van der Waals surface area contributed by atoms with Crippen LogP contribution in [-0.4, -0.2) is 66.3 Å². The van der Waals surface area contributed by atoms with E-state index in [1.807, 2.05) is 0 Å². The van der Waals surface area contributed by atoms with E-state index in [1.165, 1.54) is 141 Å². The van der Waals surface area contributed by atoms with Crippen LogP contribution in [0.25, 0.3) is 0 Å². The molecule has 0 radical (unpaired) electrons. The zero-order valence-electron chi connectivity index (χ0n) is 42.0. The minimum Gasteiger partial charge on any atom is -0.457 e. The SMILES string of the molecule is CC/C=C\C/C=C\C/C=C\C/C=C\C/C=C\CCCCCCCCOCC(COP(=O)(O)OCC(O)CO)OC(=O)CCCCCCCCCCCCCCCCCCCCCCCC. The number of hydrogen-bond acceptors (Lipinski definition) is 8. The largest absolute Gasteiger partial charge is 0.472 e. The standard InChI is InChI=1S/C55H101O9P/c1-3-5-7-9-11-13-15-17-19-21-23-25-27-29-31-33-35-37-39-41-43-45-47-55(58)64-54(52-63-65(59,60)62-50-53(57)49-56)51-61-48-46-44-42-40-38-36-34-32-30-28-26-24-22-20-18-16-14-12-10-8-6-4-2/h6,8,12,14,18,20,24,26,30,32,53-54,56-57H,3-5,7,9-11,13,15-17,19,21-23,25,27-29,31,33-52H2,1-2H3,(H,59,60)/b8-6-,14-12-,20-18-,26-24-,32-30-. The summed E-state index contributed by atoms with van der Waals surface area (Å²) in [5.74, 6) is -0.385. The predicted molar refractivity (Wildman–Crippen MR) is 274 cm³/mol. The van der Waals surface area contributed by atoms with Crippen LogP contribution in [0.2, 0.25) is 0 Å². The lowest BCUT2D eigenvalue weighted by Gasteiger charge is -2.20. The van der Waals surface area contributed by atoms with E-state index in [-0.39, 0.29) is 25.6 Å². The van der Waals surface area contributed by atoms with E-state index in [2.05, 4.69) is 74.6 Å². The maximum Gasteiger partial charge on any atom is 0.472 e. The molecule has 0 aliphatic carbocycles. The average Bonchev–Trinajstić information content (AvgIpc) is 3.30. The smallest absolute Gasteiger partial charge is 0.457 e. The number of unbranched alkanes of at least 4 members (excludes halogenated alkanes) is 27. The maximum atomic E-state index is 12.7. The molecule has 9 nitrogen and oxygen atoms in total. The van der Waals surface area contributed by atoms with Crippen molar-refractivity contribution in [2.24, 2.45) is 0 Å². The molecule has 3 atom stereocenters. The summed E-state index contributed by atoms with van der Waals surface area (Å²) >= 11 is 0. The van der Waals surface area contributed by atoms with Crippen LogP contribution in [0.5, 0.6) is 0 Å². The summed E-state index contributed by atoms with van der Waals surface area (Å²) in [6.45, 7) is 3.41. The highest BCUT2D eigenvalue weighted by molar-refractivity contribution is 7.47. The van der Waals surface area contributed by atoms with Crippen molar-refractivity contribution in [3.05, 3.63) is 60.8 Å². The minimum absolute atomic E-state index is 0.0393. The van der Waals surface area contributed by atoms with Gasteiger partial charge < -0.3 is 24.6 Å². The number of aliphatic hydroxyl groups excluding tert-OH is 2. The average molecular weight is 937 g/mol. The number of phosphoric ester groups is 1. The van der Waals surface area contributed by atoms with Crippen LogP contribution in [0.1, 0.15) is 239 Å². The van der Waals surface area contributed by atoms with Gasteiger partial charge in [-0.1, -0.05) is 235 Å². The molecule has 0 saturated carbocycles. The van der Waals surface area contributed by atoms with E-state index in [4.69, 9.17) is 23.6 Å². The molecule has 0 aromatic heterocycles. The molecule has 0 spiro atoms. The van der Waals surface area contributed by atoms with Crippen LogP contribution in [0, 0.1) is 0 Å². The zero-order valence-corrected chi connectivity index (χ0v) is 42.8. The first-order chi connectivity index (χ1) is 31.8. The normalized spacial score (nSPS) is 14.2.